The van der Waals surface area contributed by atoms with Crippen molar-refractivity contribution < 1.29 is 9.32 Å². The normalized spacial score (nSPS) is 16.0. The summed E-state index contributed by atoms with van der Waals surface area (Å²) in [5.74, 6) is 1.35. The van der Waals surface area contributed by atoms with Crippen LogP contribution >= 0.6 is 11.6 Å². The molecule has 2 heterocycles. The third kappa shape index (κ3) is 4.66. The molecule has 0 N–H and O–H groups in total. The first-order chi connectivity index (χ1) is 14.1. The molecule has 1 unspecified atom stereocenters. The van der Waals surface area contributed by atoms with Gasteiger partial charge in [0, 0.05) is 43.2 Å². The monoisotopic (exact) mass is 410 g/mol. The van der Waals surface area contributed by atoms with Gasteiger partial charge >= 0.3 is 0 Å². The first-order valence-electron chi connectivity index (χ1n) is 9.75. The van der Waals surface area contributed by atoms with Crippen LogP contribution < -0.4 is 0 Å². The predicted molar refractivity (Wildman–Crippen MR) is 111 cm³/mol. The molecular formula is C22H23ClN4O2. The molecule has 1 aromatic heterocycles. The van der Waals surface area contributed by atoms with Crippen LogP contribution in [0.4, 0.5) is 0 Å². The van der Waals surface area contributed by atoms with Crippen LogP contribution in [0.15, 0.2) is 59.1 Å². The summed E-state index contributed by atoms with van der Waals surface area (Å²) in [6.07, 6.45) is 0.653. The van der Waals surface area contributed by atoms with Crippen LogP contribution in [0.2, 0.25) is 5.02 Å². The van der Waals surface area contributed by atoms with E-state index in [4.69, 9.17) is 16.1 Å². The zero-order chi connectivity index (χ0) is 20.2. The Morgan fingerprint density at radius 1 is 1.07 bits per heavy atom. The van der Waals surface area contributed by atoms with Crippen LogP contribution in [-0.4, -0.2) is 52.0 Å². The smallest absolute Gasteiger partial charge is 0.253 e. The van der Waals surface area contributed by atoms with Gasteiger partial charge in [0.2, 0.25) is 5.89 Å². The van der Waals surface area contributed by atoms with Crippen molar-refractivity contribution in [1.82, 2.24) is 19.9 Å². The fourth-order valence-corrected chi connectivity index (χ4v) is 3.66. The molecule has 7 heteroatoms. The molecule has 1 saturated heterocycles. The molecule has 1 amide bonds. The van der Waals surface area contributed by atoms with Crippen LogP contribution in [0, 0.1) is 0 Å². The third-order valence-electron chi connectivity index (χ3n) is 5.29. The second-order valence-electron chi connectivity index (χ2n) is 7.22. The summed E-state index contributed by atoms with van der Waals surface area (Å²) in [6.45, 7) is 4.91. The SMILES string of the molecule is CC(c1nc(Cc2ccccc2)no1)N1CCN(C(=O)c2ccc(Cl)cc2)CC1. The number of hydrogen-bond acceptors (Lipinski definition) is 5. The summed E-state index contributed by atoms with van der Waals surface area (Å²) in [6, 6.07) is 17.1. The maximum atomic E-state index is 12.7. The van der Waals surface area contributed by atoms with Gasteiger partial charge in [-0.3, -0.25) is 9.69 Å². The fourth-order valence-electron chi connectivity index (χ4n) is 3.53. The second kappa shape index (κ2) is 8.76. The Hall–Kier alpha value is -2.70. The Bertz CT molecular complexity index is 950. The highest BCUT2D eigenvalue weighted by atomic mass is 35.5. The summed E-state index contributed by atoms with van der Waals surface area (Å²) >= 11 is 5.91. The van der Waals surface area contributed by atoms with E-state index in [2.05, 4.69) is 34.1 Å². The minimum Gasteiger partial charge on any atom is -0.338 e. The highest BCUT2D eigenvalue weighted by molar-refractivity contribution is 6.30. The van der Waals surface area contributed by atoms with E-state index in [-0.39, 0.29) is 11.9 Å². The van der Waals surface area contributed by atoms with Gasteiger partial charge in [-0.1, -0.05) is 47.1 Å². The highest BCUT2D eigenvalue weighted by Crippen LogP contribution is 2.22. The minimum atomic E-state index is 0.0137. The van der Waals surface area contributed by atoms with E-state index >= 15 is 0 Å². The van der Waals surface area contributed by atoms with Gasteiger partial charge in [0.1, 0.15) is 0 Å². The number of carbonyl (C=O) groups is 1. The number of piperazine rings is 1. The van der Waals surface area contributed by atoms with E-state index in [9.17, 15) is 4.79 Å². The number of nitrogens with zero attached hydrogens (tertiary/aromatic N) is 4. The number of rotatable bonds is 5. The lowest BCUT2D eigenvalue weighted by molar-refractivity contribution is 0.0551. The highest BCUT2D eigenvalue weighted by Gasteiger charge is 2.28. The van der Waals surface area contributed by atoms with E-state index < -0.39 is 0 Å². The minimum absolute atomic E-state index is 0.0137. The lowest BCUT2D eigenvalue weighted by atomic mass is 10.1. The lowest BCUT2D eigenvalue weighted by Crippen LogP contribution is -2.49. The largest absolute Gasteiger partial charge is 0.338 e. The summed E-state index contributed by atoms with van der Waals surface area (Å²) in [7, 11) is 0. The number of benzene rings is 2. The Balaban J connectivity index is 1.34. The molecule has 3 aromatic rings. The second-order valence-corrected chi connectivity index (χ2v) is 7.66. The van der Waals surface area contributed by atoms with Crippen LogP contribution in [0.3, 0.4) is 0 Å². The van der Waals surface area contributed by atoms with Crippen LogP contribution in [-0.2, 0) is 6.42 Å². The predicted octanol–water partition coefficient (Wildman–Crippen LogP) is 3.83. The molecule has 1 aliphatic heterocycles. The van der Waals surface area contributed by atoms with Crippen LogP contribution in [0.1, 0.15) is 40.6 Å². The number of amides is 1. The van der Waals surface area contributed by atoms with Crippen molar-refractivity contribution in [1.29, 1.82) is 0 Å². The number of halogens is 1. The number of hydrogen-bond donors (Lipinski definition) is 0. The summed E-state index contributed by atoms with van der Waals surface area (Å²) in [5, 5.41) is 4.76. The molecular weight excluding hydrogens is 388 g/mol. The molecule has 0 aliphatic carbocycles. The average molecular weight is 411 g/mol. The van der Waals surface area contributed by atoms with Crippen molar-refractivity contribution in [2.45, 2.75) is 19.4 Å². The number of carbonyl (C=O) groups excluding carboxylic acids is 1. The van der Waals surface area contributed by atoms with Gasteiger partial charge in [0.25, 0.3) is 5.91 Å². The van der Waals surface area contributed by atoms with E-state index in [0.717, 1.165) is 18.7 Å². The van der Waals surface area contributed by atoms with Crippen molar-refractivity contribution in [3.63, 3.8) is 0 Å². The maximum Gasteiger partial charge on any atom is 0.253 e. The molecule has 0 spiro atoms. The van der Waals surface area contributed by atoms with Gasteiger partial charge in [-0.15, -0.1) is 0 Å². The van der Waals surface area contributed by atoms with Gasteiger partial charge in [-0.2, -0.15) is 4.98 Å². The molecule has 1 atom stereocenters. The van der Waals surface area contributed by atoms with E-state index in [0.29, 0.717) is 41.8 Å². The van der Waals surface area contributed by atoms with Crippen LogP contribution in [0.5, 0.6) is 0 Å². The van der Waals surface area contributed by atoms with Crippen molar-refractivity contribution in [2.75, 3.05) is 26.2 Å². The molecule has 0 saturated carbocycles. The Morgan fingerprint density at radius 3 is 2.45 bits per heavy atom. The molecule has 1 fully saturated rings. The Kier molecular flexibility index (Phi) is 5.92. The van der Waals surface area contributed by atoms with Gasteiger partial charge in [-0.05, 0) is 36.8 Å². The third-order valence-corrected chi connectivity index (χ3v) is 5.54. The van der Waals surface area contributed by atoms with Gasteiger partial charge in [0.15, 0.2) is 5.82 Å². The first-order valence-corrected chi connectivity index (χ1v) is 10.1. The van der Waals surface area contributed by atoms with Crippen molar-refractivity contribution >= 4 is 17.5 Å². The number of aromatic nitrogens is 2. The van der Waals surface area contributed by atoms with E-state index in [1.165, 1.54) is 0 Å². The first kappa shape index (κ1) is 19.6. The molecule has 0 radical (unpaired) electrons. The van der Waals surface area contributed by atoms with Crippen molar-refractivity contribution in [2.24, 2.45) is 0 Å². The molecule has 6 nitrogen and oxygen atoms in total. The summed E-state index contributed by atoms with van der Waals surface area (Å²) < 4.78 is 5.51. The summed E-state index contributed by atoms with van der Waals surface area (Å²) in [5.41, 5.74) is 1.82. The Morgan fingerprint density at radius 2 is 1.76 bits per heavy atom. The average Bonchev–Trinajstić information content (AvgIpc) is 3.22. The molecule has 0 bridgehead atoms. The van der Waals surface area contributed by atoms with E-state index in [1.807, 2.05) is 23.1 Å². The fraction of sp³-hybridized carbons (Fsp3) is 0.318. The molecule has 1 aliphatic rings. The summed E-state index contributed by atoms with van der Waals surface area (Å²) in [4.78, 5) is 21.4. The Labute approximate surface area is 175 Å². The zero-order valence-electron chi connectivity index (χ0n) is 16.3. The molecule has 2 aromatic carbocycles. The topological polar surface area (TPSA) is 62.5 Å². The molecule has 150 valence electrons. The van der Waals surface area contributed by atoms with E-state index in [1.54, 1.807) is 24.3 Å². The van der Waals surface area contributed by atoms with Gasteiger partial charge in [0.05, 0.1) is 6.04 Å². The molecule has 29 heavy (non-hydrogen) atoms. The van der Waals surface area contributed by atoms with Gasteiger partial charge in [-0.25, -0.2) is 0 Å². The maximum absolute atomic E-state index is 12.7. The zero-order valence-corrected chi connectivity index (χ0v) is 17.0. The quantitative estimate of drug-likeness (QED) is 0.639. The van der Waals surface area contributed by atoms with Crippen molar-refractivity contribution in [3.8, 4) is 0 Å². The standard InChI is InChI=1S/C22H23ClN4O2/c1-16(21-24-20(25-29-21)15-17-5-3-2-4-6-17)26-11-13-27(14-12-26)22(28)18-7-9-19(23)10-8-18/h2-10,16H,11-15H2,1H3. The van der Waals surface area contributed by atoms with Gasteiger partial charge < -0.3 is 9.42 Å². The molecule has 4 rings (SSSR count). The van der Waals surface area contributed by atoms with Crippen LogP contribution in [0.25, 0.3) is 0 Å². The lowest BCUT2D eigenvalue weighted by Gasteiger charge is -2.36. The van der Waals surface area contributed by atoms with Crippen molar-refractivity contribution in [3.05, 3.63) is 82.5 Å².